The molecule has 2 aromatic carbocycles. The molecule has 0 fully saturated rings. The molecule has 0 spiro atoms. The normalized spacial score (nSPS) is 16.9. The molecule has 8 nitrogen and oxygen atoms in total. The van der Waals surface area contributed by atoms with Gasteiger partial charge in [-0.15, -0.1) is 0 Å². The van der Waals surface area contributed by atoms with Gasteiger partial charge >= 0.3 is 0 Å². The number of benzene rings is 2. The Bertz CT molecular complexity index is 1470. The Kier molecular flexibility index (Phi) is 4.19. The second-order valence-corrected chi connectivity index (χ2v) is 9.51. The summed E-state index contributed by atoms with van der Waals surface area (Å²) in [7, 11) is -2.87. The van der Waals surface area contributed by atoms with Crippen molar-refractivity contribution in [2.75, 3.05) is 12.4 Å². The number of nitrogens with zero attached hydrogens (tertiary/aromatic N) is 1. The molecular weight excluding hydrogens is 420 g/mol. The van der Waals surface area contributed by atoms with Gasteiger partial charge in [-0.05, 0) is 54.7 Å². The molecular formula is C22H18N2O6S. The first-order valence-electron chi connectivity index (χ1n) is 9.69. The number of sulfonamides is 1. The van der Waals surface area contributed by atoms with Crippen LogP contribution in [0.5, 0.6) is 0 Å². The molecule has 0 saturated heterocycles. The Labute approximate surface area is 177 Å². The van der Waals surface area contributed by atoms with Crippen LogP contribution in [0, 0.1) is 0 Å². The van der Waals surface area contributed by atoms with Crippen molar-refractivity contribution in [1.29, 1.82) is 0 Å². The fourth-order valence-electron chi connectivity index (χ4n) is 4.15. The molecule has 0 bridgehead atoms. The molecule has 0 radical (unpaired) electrons. The van der Waals surface area contributed by atoms with Crippen LogP contribution in [-0.4, -0.2) is 30.8 Å². The second kappa shape index (κ2) is 6.71. The van der Waals surface area contributed by atoms with Crippen molar-refractivity contribution in [2.45, 2.75) is 24.2 Å². The summed E-state index contributed by atoms with van der Waals surface area (Å²) in [5.74, 6) is -1.43. The molecule has 1 aliphatic heterocycles. The van der Waals surface area contributed by atoms with Gasteiger partial charge in [0.05, 0.1) is 10.3 Å². The van der Waals surface area contributed by atoms with E-state index in [1.807, 2.05) is 6.07 Å². The summed E-state index contributed by atoms with van der Waals surface area (Å²) in [6.45, 7) is 0. The Morgan fingerprint density at radius 1 is 1.16 bits per heavy atom. The van der Waals surface area contributed by atoms with E-state index in [9.17, 15) is 23.1 Å². The molecule has 0 saturated carbocycles. The third-order valence-electron chi connectivity index (χ3n) is 5.77. The van der Waals surface area contributed by atoms with E-state index in [0.717, 1.165) is 36.7 Å². The lowest BCUT2D eigenvalue weighted by Crippen LogP contribution is -2.37. The van der Waals surface area contributed by atoms with Crippen molar-refractivity contribution in [3.05, 3.63) is 75.3 Å². The Morgan fingerprint density at radius 3 is 2.65 bits per heavy atom. The van der Waals surface area contributed by atoms with E-state index < -0.39 is 32.8 Å². The number of amides is 1. The van der Waals surface area contributed by atoms with E-state index in [1.165, 1.54) is 25.2 Å². The molecule has 1 amide bonds. The van der Waals surface area contributed by atoms with Crippen LogP contribution in [0.15, 0.2) is 62.5 Å². The topological polar surface area (TPSA) is 117 Å². The van der Waals surface area contributed by atoms with E-state index in [0.29, 0.717) is 15.3 Å². The lowest BCUT2D eigenvalue weighted by molar-refractivity contribution is -0.113. The van der Waals surface area contributed by atoms with Gasteiger partial charge in [-0.25, -0.2) is 8.42 Å². The van der Waals surface area contributed by atoms with Crippen LogP contribution in [-0.2, 0) is 27.7 Å². The average Bonchev–Trinajstić information content (AvgIpc) is 3.21. The number of aliphatic hydroxyl groups is 1. The summed E-state index contributed by atoms with van der Waals surface area (Å²) in [5.41, 5.74) is 1.62. The first kappa shape index (κ1) is 19.4. The number of likely N-dealkylation sites (N-methyl/N-ethyl adjacent to an activating group) is 1. The van der Waals surface area contributed by atoms with Gasteiger partial charge in [0.15, 0.2) is 11.5 Å². The number of hydrogen-bond acceptors (Lipinski definition) is 6. The lowest BCUT2D eigenvalue weighted by Gasteiger charge is -2.28. The minimum absolute atomic E-state index is 0.0202. The third kappa shape index (κ3) is 2.84. The van der Waals surface area contributed by atoms with Crippen LogP contribution in [0.2, 0.25) is 0 Å². The fraction of sp³-hybridized carbons (Fsp3) is 0.182. The number of carbonyl (C=O) groups is 1. The summed E-state index contributed by atoms with van der Waals surface area (Å²) in [4.78, 5) is 25.8. The van der Waals surface area contributed by atoms with Gasteiger partial charge < -0.3 is 14.8 Å². The number of rotatable bonds is 2. The van der Waals surface area contributed by atoms with Crippen molar-refractivity contribution in [3.8, 4) is 0 Å². The van der Waals surface area contributed by atoms with Crippen molar-refractivity contribution in [2.24, 2.45) is 0 Å². The zero-order valence-corrected chi connectivity index (χ0v) is 17.3. The smallest absolute Gasteiger partial charge is 0.277 e. The molecule has 0 unspecified atom stereocenters. The van der Waals surface area contributed by atoms with E-state index in [1.54, 1.807) is 12.1 Å². The summed E-state index contributed by atoms with van der Waals surface area (Å²) in [6, 6.07) is 9.47. The predicted octanol–water partition coefficient (Wildman–Crippen LogP) is 2.78. The Morgan fingerprint density at radius 2 is 1.87 bits per heavy atom. The SMILES string of the molecule is CN1C(C(=O)Nc2coc3cc4c(cc3c2=O)CCC4)=C(O)c2ccccc2S1(=O)=O. The Balaban J connectivity index is 1.57. The van der Waals surface area contributed by atoms with E-state index in [-0.39, 0.29) is 16.1 Å². The number of fused-ring (bicyclic) bond motifs is 3. The average molecular weight is 438 g/mol. The zero-order chi connectivity index (χ0) is 21.9. The standard InChI is InChI=1S/C22H18N2O6S/c1-24-19(21(26)14-7-2-3-8-18(14)31(24,28)29)22(27)23-16-11-30-17-10-13-6-4-5-12(13)9-15(17)20(16)25/h2-3,7-11,26H,4-6H2,1H3,(H,23,27). The van der Waals surface area contributed by atoms with Gasteiger partial charge in [0.2, 0.25) is 5.43 Å². The summed E-state index contributed by atoms with van der Waals surface area (Å²) in [5, 5.41) is 13.4. The highest BCUT2D eigenvalue weighted by Gasteiger charge is 2.38. The highest BCUT2D eigenvalue weighted by Crippen LogP contribution is 2.34. The van der Waals surface area contributed by atoms with Crippen LogP contribution in [0.4, 0.5) is 5.69 Å². The van der Waals surface area contributed by atoms with Gasteiger partial charge in [-0.2, -0.15) is 0 Å². The third-order valence-corrected chi connectivity index (χ3v) is 7.59. The maximum Gasteiger partial charge on any atom is 0.277 e. The van der Waals surface area contributed by atoms with Gasteiger partial charge in [0.1, 0.15) is 17.5 Å². The molecule has 2 heterocycles. The van der Waals surface area contributed by atoms with Crippen molar-refractivity contribution in [1.82, 2.24) is 4.31 Å². The van der Waals surface area contributed by atoms with E-state index in [2.05, 4.69) is 5.32 Å². The van der Waals surface area contributed by atoms with Crippen LogP contribution in [0.1, 0.15) is 23.1 Å². The number of nitrogens with one attached hydrogen (secondary N) is 1. The lowest BCUT2D eigenvalue weighted by atomic mass is 10.1. The van der Waals surface area contributed by atoms with Crippen molar-refractivity contribution in [3.63, 3.8) is 0 Å². The van der Waals surface area contributed by atoms with Crippen LogP contribution >= 0.6 is 0 Å². The fourth-order valence-corrected chi connectivity index (χ4v) is 5.55. The monoisotopic (exact) mass is 438 g/mol. The summed E-state index contributed by atoms with van der Waals surface area (Å²) < 4.78 is 31.8. The maximum atomic E-state index is 13.0. The molecule has 9 heteroatoms. The molecule has 3 aromatic rings. The van der Waals surface area contributed by atoms with E-state index >= 15 is 0 Å². The number of anilines is 1. The minimum atomic E-state index is -4.04. The summed E-state index contributed by atoms with van der Waals surface area (Å²) in [6.07, 6.45) is 3.96. The van der Waals surface area contributed by atoms with Gasteiger partial charge in [-0.1, -0.05) is 12.1 Å². The van der Waals surface area contributed by atoms with Crippen molar-refractivity contribution >= 4 is 38.3 Å². The zero-order valence-electron chi connectivity index (χ0n) is 16.5. The highest BCUT2D eigenvalue weighted by molar-refractivity contribution is 7.89. The first-order valence-corrected chi connectivity index (χ1v) is 11.1. The largest absolute Gasteiger partial charge is 0.505 e. The number of hydrogen-bond donors (Lipinski definition) is 2. The molecule has 2 aliphatic rings. The molecule has 0 atom stereocenters. The van der Waals surface area contributed by atoms with E-state index in [4.69, 9.17) is 4.42 Å². The molecule has 5 rings (SSSR count). The minimum Gasteiger partial charge on any atom is -0.505 e. The molecule has 31 heavy (non-hydrogen) atoms. The maximum absolute atomic E-state index is 13.0. The molecule has 2 N–H and O–H groups in total. The Hall–Kier alpha value is -3.59. The number of aryl methyl sites for hydroxylation is 2. The number of aliphatic hydroxyl groups excluding tert-OH is 1. The van der Waals surface area contributed by atoms with Crippen molar-refractivity contribution < 1.29 is 22.7 Å². The molecule has 1 aromatic heterocycles. The molecule has 1 aliphatic carbocycles. The molecule has 158 valence electrons. The first-order chi connectivity index (χ1) is 14.8. The highest BCUT2D eigenvalue weighted by atomic mass is 32.2. The van der Waals surface area contributed by atoms with Crippen LogP contribution in [0.3, 0.4) is 0 Å². The van der Waals surface area contributed by atoms with Gasteiger partial charge in [0, 0.05) is 12.6 Å². The van der Waals surface area contributed by atoms with Gasteiger partial charge in [0.25, 0.3) is 15.9 Å². The predicted molar refractivity (Wildman–Crippen MR) is 114 cm³/mol. The quantitative estimate of drug-likeness (QED) is 0.635. The number of carbonyl (C=O) groups excluding carboxylic acids is 1. The summed E-state index contributed by atoms with van der Waals surface area (Å²) >= 11 is 0. The second-order valence-electron chi connectivity index (χ2n) is 7.57. The van der Waals surface area contributed by atoms with Crippen LogP contribution < -0.4 is 10.7 Å². The van der Waals surface area contributed by atoms with Crippen LogP contribution in [0.25, 0.3) is 16.7 Å². The van der Waals surface area contributed by atoms with Gasteiger partial charge in [-0.3, -0.25) is 13.9 Å².